The Balaban J connectivity index is 0.000000531. The molecule has 2 aromatic carbocycles. The molecule has 1 fully saturated rings. The number of aromatic hydroxyl groups is 2. The number of nitrogens with zero attached hydrogens (tertiary/aromatic N) is 2. The number of carbonyl (C=O) groups excluding carboxylic acids is 5. The first-order valence-electron chi connectivity index (χ1n) is 11.7. The van der Waals surface area contributed by atoms with E-state index >= 15 is 0 Å². The number of hydroxylamine groups is 2. The van der Waals surface area contributed by atoms with Crippen LogP contribution in [0.2, 0.25) is 0 Å². The molecule has 0 radical (unpaired) electrons. The summed E-state index contributed by atoms with van der Waals surface area (Å²) in [4.78, 5) is 54.5. The number of halogens is 5. The first-order chi connectivity index (χ1) is 18.9. The molecular weight excluding hydrogens is 563 g/mol. The van der Waals surface area contributed by atoms with Gasteiger partial charge in [-0.3, -0.25) is 29.2 Å². The van der Waals surface area contributed by atoms with Crippen LogP contribution in [0.4, 0.5) is 22.0 Å². The molecule has 10 nitrogen and oxygen atoms in total. The lowest BCUT2D eigenvalue weighted by Crippen LogP contribution is -2.37. The van der Waals surface area contributed by atoms with Gasteiger partial charge in [0.15, 0.2) is 5.75 Å². The van der Waals surface area contributed by atoms with Crippen LogP contribution in [0.5, 0.6) is 11.5 Å². The monoisotopic (exact) mass is 592 g/mol. The van der Waals surface area contributed by atoms with E-state index < -0.39 is 46.6 Å². The third-order valence-corrected chi connectivity index (χ3v) is 4.73. The van der Waals surface area contributed by atoms with E-state index in [0.717, 1.165) is 0 Å². The smallest absolute Gasteiger partial charge is 0.253 e. The van der Waals surface area contributed by atoms with Crippen LogP contribution in [0.1, 0.15) is 45.6 Å². The average Bonchev–Trinajstić information content (AvgIpc) is 3.21. The summed E-state index contributed by atoms with van der Waals surface area (Å²) in [5.41, 5.74) is 1.17. The molecule has 0 saturated carbocycles. The lowest BCUT2D eigenvalue weighted by atomic mass is 10.2. The minimum Gasteiger partial charge on any atom is -0.508 e. The van der Waals surface area contributed by atoms with Gasteiger partial charge in [-0.15, -0.1) is 0 Å². The standard InChI is InChI=1S/C9H15NO3.C7H8O.C6HF5O.C4H5NO3/c1-4-9(13)10(5-7(2)11)6-8(3)12;1-6-2-4-7(8)5-3-6;7-1-2(8)4(10)6(12)5(11)3(1)9;6-3-1-2-4(7)5(3)8/h4-6H2,1-3H3;2-5,8H,1H3;12H;8H,1-2H2. The van der Waals surface area contributed by atoms with Gasteiger partial charge in [0.2, 0.25) is 35.0 Å². The minimum absolute atomic E-state index is 0.0340. The summed E-state index contributed by atoms with van der Waals surface area (Å²) in [6, 6.07) is 7.09. The van der Waals surface area contributed by atoms with Gasteiger partial charge in [-0.25, -0.2) is 13.2 Å². The van der Waals surface area contributed by atoms with Crippen LogP contribution in [0.25, 0.3) is 0 Å². The van der Waals surface area contributed by atoms with Gasteiger partial charge in [-0.05, 0) is 32.9 Å². The number of hydrogen-bond acceptors (Lipinski definition) is 8. The molecule has 226 valence electrons. The fraction of sp³-hybridized carbons (Fsp3) is 0.346. The van der Waals surface area contributed by atoms with Crippen molar-refractivity contribution in [3.63, 3.8) is 0 Å². The Kier molecular flexibility index (Phi) is 15.5. The molecule has 3 rings (SSSR count). The molecule has 1 heterocycles. The number of amides is 3. The molecule has 2 aromatic rings. The SMILES string of the molecule is CCC(=O)N(CC(C)=O)CC(C)=O.Cc1ccc(O)cc1.O=C1CCC(=O)N1O.Oc1c(F)c(F)c(F)c(F)c1F. The topological polar surface area (TPSA) is 153 Å². The Hall–Kier alpha value is -4.40. The number of hydrogen-bond donors (Lipinski definition) is 3. The van der Waals surface area contributed by atoms with Gasteiger partial charge >= 0.3 is 0 Å². The summed E-state index contributed by atoms with van der Waals surface area (Å²) in [6.45, 7) is 6.56. The fourth-order valence-electron chi connectivity index (χ4n) is 2.70. The van der Waals surface area contributed by atoms with Gasteiger partial charge in [0.05, 0.1) is 13.1 Å². The Morgan fingerprint density at radius 2 is 1.15 bits per heavy atom. The van der Waals surface area contributed by atoms with Gasteiger partial charge < -0.3 is 15.1 Å². The van der Waals surface area contributed by atoms with Crippen LogP contribution in [-0.4, -0.2) is 67.8 Å². The molecule has 0 aliphatic carbocycles. The normalized spacial score (nSPS) is 11.8. The number of benzene rings is 2. The number of rotatable bonds is 5. The van der Waals surface area contributed by atoms with Crippen molar-refractivity contribution in [2.45, 2.75) is 47.0 Å². The van der Waals surface area contributed by atoms with Crippen LogP contribution in [0.3, 0.4) is 0 Å². The van der Waals surface area contributed by atoms with Gasteiger partial charge in [-0.2, -0.15) is 13.8 Å². The molecule has 1 aliphatic rings. The molecule has 1 aliphatic heterocycles. The highest BCUT2D eigenvalue weighted by Crippen LogP contribution is 2.27. The third-order valence-electron chi connectivity index (χ3n) is 4.73. The number of Topliss-reactive ketones (excluding diaryl/α,β-unsaturated/α-hetero) is 2. The lowest BCUT2D eigenvalue weighted by Gasteiger charge is -2.18. The van der Waals surface area contributed by atoms with E-state index in [0.29, 0.717) is 12.2 Å². The van der Waals surface area contributed by atoms with Crippen LogP contribution >= 0.6 is 0 Å². The minimum atomic E-state index is -2.29. The molecule has 0 spiro atoms. The molecule has 3 amide bonds. The number of phenols is 2. The van der Waals surface area contributed by atoms with Gasteiger partial charge in [-0.1, -0.05) is 24.6 Å². The average molecular weight is 593 g/mol. The summed E-state index contributed by atoms with van der Waals surface area (Å²) in [7, 11) is 0. The second-order valence-electron chi connectivity index (χ2n) is 8.36. The summed E-state index contributed by atoms with van der Waals surface area (Å²) < 4.78 is 60.6. The molecule has 0 unspecified atom stereocenters. The van der Waals surface area contributed by atoms with Crippen molar-refractivity contribution in [3.05, 3.63) is 58.9 Å². The highest BCUT2D eigenvalue weighted by Gasteiger charge is 2.27. The second-order valence-corrected chi connectivity index (χ2v) is 8.36. The molecule has 0 aromatic heterocycles. The van der Waals surface area contributed by atoms with Crippen LogP contribution < -0.4 is 0 Å². The van der Waals surface area contributed by atoms with Crippen LogP contribution in [0, 0.1) is 36.0 Å². The summed E-state index contributed by atoms with van der Waals surface area (Å²) in [6.07, 6.45) is 0.616. The highest BCUT2D eigenvalue weighted by molar-refractivity contribution is 6.00. The van der Waals surface area contributed by atoms with Crippen molar-refractivity contribution in [2.24, 2.45) is 0 Å². The van der Waals surface area contributed by atoms with E-state index in [1.807, 2.05) is 19.1 Å². The summed E-state index contributed by atoms with van der Waals surface area (Å²) in [5, 5.41) is 25.6. The van der Waals surface area contributed by atoms with E-state index in [9.17, 15) is 45.9 Å². The number of phenolic OH excluding ortho intramolecular Hbond substituents is 2. The zero-order chi connectivity index (χ0) is 32.0. The van der Waals surface area contributed by atoms with E-state index in [2.05, 4.69) is 0 Å². The maximum absolute atomic E-state index is 12.2. The molecular formula is C26H29F5N2O8. The van der Waals surface area contributed by atoms with E-state index in [1.54, 1.807) is 19.1 Å². The zero-order valence-electron chi connectivity index (χ0n) is 22.5. The van der Waals surface area contributed by atoms with Crippen LogP contribution in [-0.2, 0) is 24.0 Å². The Bertz CT molecular complexity index is 1100. The zero-order valence-corrected chi connectivity index (χ0v) is 22.5. The van der Waals surface area contributed by atoms with Crippen molar-refractivity contribution in [2.75, 3.05) is 13.1 Å². The summed E-state index contributed by atoms with van der Waals surface area (Å²) >= 11 is 0. The number of imide groups is 1. The van der Waals surface area contributed by atoms with Gasteiger partial charge in [0.25, 0.3) is 11.8 Å². The first-order valence-corrected chi connectivity index (χ1v) is 11.7. The summed E-state index contributed by atoms with van der Waals surface area (Å²) in [5.74, 6) is -14.0. The fourth-order valence-corrected chi connectivity index (χ4v) is 2.70. The van der Waals surface area contributed by atoms with Gasteiger partial charge in [0, 0.05) is 19.3 Å². The van der Waals surface area contributed by atoms with Crippen molar-refractivity contribution < 1.29 is 61.3 Å². The maximum atomic E-state index is 12.2. The van der Waals surface area contributed by atoms with Crippen molar-refractivity contribution >= 4 is 29.3 Å². The third kappa shape index (κ3) is 12.5. The number of aryl methyl sites for hydroxylation is 1. The molecule has 15 heteroatoms. The molecule has 0 atom stereocenters. The van der Waals surface area contributed by atoms with Crippen molar-refractivity contribution in [1.82, 2.24) is 9.96 Å². The second kappa shape index (κ2) is 17.3. The van der Waals surface area contributed by atoms with Crippen molar-refractivity contribution in [1.29, 1.82) is 0 Å². The quantitative estimate of drug-likeness (QED) is 0.156. The van der Waals surface area contributed by atoms with E-state index in [4.69, 9.17) is 15.4 Å². The lowest BCUT2D eigenvalue weighted by molar-refractivity contribution is -0.171. The van der Waals surface area contributed by atoms with Gasteiger partial charge in [0.1, 0.15) is 17.3 Å². The Morgan fingerprint density at radius 1 is 0.780 bits per heavy atom. The van der Waals surface area contributed by atoms with Crippen molar-refractivity contribution in [3.8, 4) is 11.5 Å². The molecule has 41 heavy (non-hydrogen) atoms. The highest BCUT2D eigenvalue weighted by atomic mass is 19.2. The predicted octanol–water partition coefficient (Wildman–Crippen LogP) is 3.72. The molecule has 0 bridgehead atoms. The van der Waals surface area contributed by atoms with Crippen LogP contribution in [0.15, 0.2) is 24.3 Å². The van der Waals surface area contributed by atoms with E-state index in [1.165, 1.54) is 24.3 Å². The predicted molar refractivity (Wildman–Crippen MR) is 132 cm³/mol. The van der Waals surface area contributed by atoms with E-state index in [-0.39, 0.29) is 48.5 Å². The maximum Gasteiger partial charge on any atom is 0.253 e. The number of ketones is 2. The molecule has 3 N–H and O–H groups in total. The largest absolute Gasteiger partial charge is 0.508 e. The number of carbonyl (C=O) groups is 5. The molecule has 1 saturated heterocycles. The Labute approximate surface area is 231 Å². The first kappa shape index (κ1) is 36.6. The Morgan fingerprint density at radius 3 is 1.41 bits per heavy atom.